The van der Waals surface area contributed by atoms with Gasteiger partial charge in [0.1, 0.15) is 0 Å². The predicted molar refractivity (Wildman–Crippen MR) is 43.8 cm³/mol. The molecule has 0 aliphatic rings. The molecule has 0 spiro atoms. The molecule has 5 nitrogen and oxygen atoms in total. The van der Waals surface area contributed by atoms with E-state index in [0.717, 1.165) is 0 Å². The Kier molecular flexibility index (Phi) is 5.06. The number of hydrogen-bond acceptors (Lipinski definition) is 5. The lowest BCUT2D eigenvalue weighted by Gasteiger charge is -2.17. The van der Waals surface area contributed by atoms with Gasteiger partial charge in [-0.25, -0.2) is 4.79 Å². The van der Waals surface area contributed by atoms with E-state index in [1.165, 1.54) is 14.0 Å². The Bertz CT molecular complexity index is 187. The quantitative estimate of drug-likeness (QED) is 0.476. The summed E-state index contributed by atoms with van der Waals surface area (Å²) in [6.07, 6.45) is -1.48. The van der Waals surface area contributed by atoms with Crippen molar-refractivity contribution in [3.63, 3.8) is 0 Å². The molecular weight excluding hydrogens is 176 g/mol. The van der Waals surface area contributed by atoms with Gasteiger partial charge in [0, 0.05) is 6.92 Å². The van der Waals surface area contributed by atoms with Crippen molar-refractivity contribution in [3.05, 3.63) is 0 Å². The molecule has 0 aromatic carbocycles. The molecule has 0 heterocycles. The van der Waals surface area contributed by atoms with Gasteiger partial charge in [-0.1, -0.05) is 0 Å². The van der Waals surface area contributed by atoms with Crippen LogP contribution in [0.15, 0.2) is 0 Å². The second-order valence-corrected chi connectivity index (χ2v) is 2.65. The number of ether oxygens (including phenoxy) is 3. The Morgan fingerprint density at radius 3 is 2.08 bits per heavy atom. The zero-order valence-corrected chi connectivity index (χ0v) is 8.20. The molecule has 0 N–H and O–H groups in total. The highest BCUT2D eigenvalue weighted by Crippen LogP contribution is 2.02. The fourth-order valence-electron chi connectivity index (χ4n) is 0.626. The summed E-state index contributed by atoms with van der Waals surface area (Å²) in [6.45, 7) is 4.64. The smallest absolute Gasteiger partial charge is 0.376 e. The van der Waals surface area contributed by atoms with Gasteiger partial charge < -0.3 is 14.2 Å². The van der Waals surface area contributed by atoms with Gasteiger partial charge in [-0.2, -0.15) is 0 Å². The molecule has 0 aromatic rings. The lowest BCUT2D eigenvalue weighted by atomic mass is 10.5. The molecule has 0 amide bonds. The van der Waals surface area contributed by atoms with Crippen LogP contribution in [0, 0.1) is 0 Å². The van der Waals surface area contributed by atoms with Crippen LogP contribution in [-0.2, 0) is 23.8 Å². The van der Waals surface area contributed by atoms with Crippen molar-refractivity contribution in [2.45, 2.75) is 33.2 Å². The summed E-state index contributed by atoms with van der Waals surface area (Å²) in [7, 11) is 1.20. The SMILES string of the molecule is COC(=O)[C@H](OC(C)=O)OC(C)C. The molecule has 0 unspecified atom stereocenters. The first kappa shape index (κ1) is 11.9. The fourth-order valence-corrected chi connectivity index (χ4v) is 0.626. The summed E-state index contributed by atoms with van der Waals surface area (Å²) < 4.78 is 13.9. The van der Waals surface area contributed by atoms with Crippen molar-refractivity contribution >= 4 is 11.9 Å². The molecule has 0 bridgehead atoms. The van der Waals surface area contributed by atoms with E-state index in [9.17, 15) is 9.59 Å². The first-order chi connectivity index (χ1) is 5.97. The van der Waals surface area contributed by atoms with Crippen molar-refractivity contribution in [1.29, 1.82) is 0 Å². The summed E-state index contributed by atoms with van der Waals surface area (Å²) in [4.78, 5) is 21.5. The molecule has 0 aliphatic heterocycles. The van der Waals surface area contributed by atoms with Gasteiger partial charge in [0.2, 0.25) is 0 Å². The molecule has 0 fully saturated rings. The van der Waals surface area contributed by atoms with Gasteiger partial charge >= 0.3 is 18.2 Å². The molecule has 76 valence electrons. The topological polar surface area (TPSA) is 61.8 Å². The highest BCUT2D eigenvalue weighted by atomic mass is 16.7. The van der Waals surface area contributed by atoms with Crippen molar-refractivity contribution in [2.75, 3.05) is 7.11 Å². The number of carbonyl (C=O) groups is 2. The van der Waals surface area contributed by atoms with E-state index >= 15 is 0 Å². The van der Waals surface area contributed by atoms with Gasteiger partial charge in [-0.05, 0) is 13.8 Å². The fraction of sp³-hybridized carbons (Fsp3) is 0.750. The highest BCUT2D eigenvalue weighted by Gasteiger charge is 2.24. The third kappa shape index (κ3) is 5.19. The van der Waals surface area contributed by atoms with Gasteiger partial charge in [-0.15, -0.1) is 0 Å². The van der Waals surface area contributed by atoms with E-state index in [1.807, 2.05) is 0 Å². The van der Waals surface area contributed by atoms with Crippen molar-refractivity contribution < 1.29 is 23.8 Å². The zero-order valence-electron chi connectivity index (χ0n) is 8.20. The standard InChI is InChI=1S/C8H14O5/c1-5(2)12-8(7(10)11-4)13-6(3)9/h5,8H,1-4H3/t8-/m0/s1. The third-order valence-corrected chi connectivity index (χ3v) is 1.06. The Hall–Kier alpha value is -1.10. The number of esters is 2. The second kappa shape index (κ2) is 5.53. The lowest BCUT2D eigenvalue weighted by molar-refractivity contribution is -0.204. The average molecular weight is 190 g/mol. The van der Waals surface area contributed by atoms with Crippen LogP contribution < -0.4 is 0 Å². The first-order valence-electron chi connectivity index (χ1n) is 3.88. The van der Waals surface area contributed by atoms with E-state index in [4.69, 9.17) is 4.74 Å². The first-order valence-corrected chi connectivity index (χ1v) is 3.88. The second-order valence-electron chi connectivity index (χ2n) is 2.65. The molecule has 13 heavy (non-hydrogen) atoms. The molecule has 0 saturated carbocycles. The average Bonchev–Trinajstić information content (AvgIpc) is 2.00. The van der Waals surface area contributed by atoms with Gasteiger partial charge in [-0.3, -0.25) is 4.79 Å². The Balaban J connectivity index is 4.18. The van der Waals surface area contributed by atoms with E-state index in [2.05, 4.69) is 9.47 Å². The van der Waals surface area contributed by atoms with E-state index in [1.54, 1.807) is 13.8 Å². The minimum absolute atomic E-state index is 0.219. The van der Waals surface area contributed by atoms with Crippen molar-refractivity contribution in [2.24, 2.45) is 0 Å². The largest absolute Gasteiger partial charge is 0.464 e. The van der Waals surface area contributed by atoms with Crippen LogP contribution in [-0.4, -0.2) is 31.4 Å². The lowest BCUT2D eigenvalue weighted by Crippen LogP contribution is -2.32. The Labute approximate surface area is 77.0 Å². The molecule has 0 saturated heterocycles. The van der Waals surface area contributed by atoms with Crippen LogP contribution in [0.1, 0.15) is 20.8 Å². The minimum atomic E-state index is -1.26. The van der Waals surface area contributed by atoms with Gasteiger partial charge in [0.25, 0.3) is 0 Å². The molecule has 0 rings (SSSR count). The van der Waals surface area contributed by atoms with Crippen LogP contribution in [0.25, 0.3) is 0 Å². The molecular formula is C8H14O5. The number of rotatable bonds is 4. The van der Waals surface area contributed by atoms with E-state index in [0.29, 0.717) is 0 Å². The van der Waals surface area contributed by atoms with Crippen molar-refractivity contribution in [3.8, 4) is 0 Å². The molecule has 5 heteroatoms. The van der Waals surface area contributed by atoms with E-state index < -0.39 is 18.2 Å². The molecule has 0 aliphatic carbocycles. The van der Waals surface area contributed by atoms with Crippen LogP contribution in [0.2, 0.25) is 0 Å². The van der Waals surface area contributed by atoms with Crippen LogP contribution in [0.4, 0.5) is 0 Å². The molecule has 0 radical (unpaired) electrons. The number of carbonyl (C=O) groups excluding carboxylic acids is 2. The normalized spacial score (nSPS) is 12.4. The van der Waals surface area contributed by atoms with Crippen LogP contribution >= 0.6 is 0 Å². The molecule has 1 atom stereocenters. The maximum absolute atomic E-state index is 11.0. The summed E-state index contributed by atoms with van der Waals surface area (Å²) >= 11 is 0. The summed E-state index contributed by atoms with van der Waals surface area (Å²) in [6, 6.07) is 0. The van der Waals surface area contributed by atoms with Crippen LogP contribution in [0.3, 0.4) is 0 Å². The maximum atomic E-state index is 11.0. The summed E-state index contributed by atoms with van der Waals surface area (Å²) in [5, 5.41) is 0. The van der Waals surface area contributed by atoms with Crippen LogP contribution in [0.5, 0.6) is 0 Å². The van der Waals surface area contributed by atoms with Crippen molar-refractivity contribution in [1.82, 2.24) is 0 Å². The summed E-state index contributed by atoms with van der Waals surface area (Å²) in [5.41, 5.74) is 0. The molecule has 0 aromatic heterocycles. The van der Waals surface area contributed by atoms with Gasteiger partial charge in [0.15, 0.2) is 0 Å². The minimum Gasteiger partial charge on any atom is -0.464 e. The maximum Gasteiger partial charge on any atom is 0.376 e. The predicted octanol–water partition coefficient (Wildman–Crippen LogP) is 0.474. The summed E-state index contributed by atoms with van der Waals surface area (Å²) in [5.74, 6) is -1.31. The van der Waals surface area contributed by atoms with E-state index in [-0.39, 0.29) is 6.10 Å². The zero-order chi connectivity index (χ0) is 10.4. The number of methoxy groups -OCH3 is 1. The Morgan fingerprint density at radius 1 is 1.23 bits per heavy atom. The van der Waals surface area contributed by atoms with Gasteiger partial charge in [0.05, 0.1) is 13.2 Å². The highest BCUT2D eigenvalue weighted by molar-refractivity contribution is 5.77. The Morgan fingerprint density at radius 2 is 1.77 bits per heavy atom. The third-order valence-electron chi connectivity index (χ3n) is 1.06. The number of hydrogen-bond donors (Lipinski definition) is 0. The monoisotopic (exact) mass is 190 g/mol.